The molecule has 27 heavy (non-hydrogen) atoms. The number of alkyl halides is 3. The van der Waals surface area contributed by atoms with Gasteiger partial charge in [-0.25, -0.2) is 0 Å². The quantitative estimate of drug-likeness (QED) is 0.837. The van der Waals surface area contributed by atoms with Crippen LogP contribution < -0.4 is 5.32 Å². The van der Waals surface area contributed by atoms with Gasteiger partial charge in [0, 0.05) is 12.1 Å². The molecular weight excluding hydrogens is 357 g/mol. The SMILES string of the molecule is CCN(CC(=O)Nc1ccccc1C(F)(F)F)C(=O)c1cc(C)cc(C)c1. The lowest BCUT2D eigenvalue weighted by Gasteiger charge is -2.21. The first-order chi connectivity index (χ1) is 12.6. The zero-order chi connectivity index (χ0) is 20.2. The third-order valence-corrected chi connectivity index (χ3v) is 3.98. The molecule has 7 heteroatoms. The zero-order valence-corrected chi connectivity index (χ0v) is 15.4. The smallest absolute Gasteiger partial charge is 0.330 e. The highest BCUT2D eigenvalue weighted by Crippen LogP contribution is 2.34. The second kappa shape index (κ2) is 8.24. The van der Waals surface area contributed by atoms with Crippen molar-refractivity contribution in [3.63, 3.8) is 0 Å². The summed E-state index contributed by atoms with van der Waals surface area (Å²) in [5.41, 5.74) is 1.01. The number of anilines is 1. The van der Waals surface area contributed by atoms with Crippen LogP contribution in [-0.4, -0.2) is 29.8 Å². The number of nitrogens with one attached hydrogen (secondary N) is 1. The van der Waals surface area contributed by atoms with Gasteiger partial charge in [0.25, 0.3) is 5.91 Å². The molecule has 2 rings (SSSR count). The predicted molar refractivity (Wildman–Crippen MR) is 97.6 cm³/mol. The molecule has 0 aliphatic rings. The van der Waals surface area contributed by atoms with E-state index in [4.69, 9.17) is 0 Å². The summed E-state index contributed by atoms with van der Waals surface area (Å²) < 4.78 is 39.1. The average molecular weight is 378 g/mol. The van der Waals surface area contributed by atoms with E-state index in [2.05, 4.69) is 5.32 Å². The van der Waals surface area contributed by atoms with E-state index in [0.29, 0.717) is 5.56 Å². The Labute approximate surface area is 156 Å². The number of hydrogen-bond donors (Lipinski definition) is 1. The summed E-state index contributed by atoms with van der Waals surface area (Å²) in [4.78, 5) is 26.2. The molecule has 0 saturated carbocycles. The van der Waals surface area contributed by atoms with Crippen LogP contribution in [0.2, 0.25) is 0 Å². The van der Waals surface area contributed by atoms with E-state index < -0.39 is 17.6 Å². The molecule has 0 aliphatic carbocycles. The lowest BCUT2D eigenvalue weighted by molar-refractivity contribution is -0.137. The Kier molecular flexibility index (Phi) is 6.25. The standard InChI is InChI=1S/C20H21F3N2O2/c1-4-25(19(27)15-10-13(2)9-14(3)11-15)12-18(26)24-17-8-6-5-7-16(17)20(21,22)23/h5-11H,4,12H2,1-3H3,(H,24,26). The molecule has 0 aromatic heterocycles. The van der Waals surface area contributed by atoms with Crippen LogP contribution in [0.5, 0.6) is 0 Å². The number of nitrogens with zero attached hydrogens (tertiary/aromatic N) is 1. The Bertz CT molecular complexity index is 827. The molecule has 1 N–H and O–H groups in total. The third-order valence-electron chi connectivity index (χ3n) is 3.98. The minimum absolute atomic E-state index is 0.250. The highest BCUT2D eigenvalue weighted by Gasteiger charge is 2.33. The Morgan fingerprint density at radius 3 is 2.19 bits per heavy atom. The maximum Gasteiger partial charge on any atom is 0.418 e. The van der Waals surface area contributed by atoms with Crippen LogP contribution in [0.4, 0.5) is 18.9 Å². The summed E-state index contributed by atoms with van der Waals surface area (Å²) in [6, 6.07) is 10.1. The second-order valence-electron chi connectivity index (χ2n) is 6.29. The van der Waals surface area contributed by atoms with Gasteiger partial charge in [-0.1, -0.05) is 29.3 Å². The van der Waals surface area contributed by atoms with Gasteiger partial charge in [-0.15, -0.1) is 0 Å². The fourth-order valence-electron chi connectivity index (χ4n) is 2.81. The Balaban J connectivity index is 2.15. The average Bonchev–Trinajstić information content (AvgIpc) is 2.57. The molecule has 2 aromatic rings. The Morgan fingerprint density at radius 1 is 1.04 bits per heavy atom. The number of likely N-dealkylation sites (N-methyl/N-ethyl adjacent to an activating group) is 1. The van der Waals surface area contributed by atoms with Crippen molar-refractivity contribution in [3.05, 3.63) is 64.7 Å². The van der Waals surface area contributed by atoms with Gasteiger partial charge in [-0.2, -0.15) is 13.2 Å². The molecule has 0 spiro atoms. The maximum absolute atomic E-state index is 13.0. The molecular formula is C20H21F3N2O2. The lowest BCUT2D eigenvalue weighted by Crippen LogP contribution is -2.38. The number of aryl methyl sites for hydroxylation is 2. The van der Waals surface area contributed by atoms with Gasteiger partial charge in [0.2, 0.25) is 5.91 Å². The highest BCUT2D eigenvalue weighted by atomic mass is 19.4. The predicted octanol–water partition coefficient (Wildman–Crippen LogP) is 4.42. The van der Waals surface area contributed by atoms with E-state index in [-0.39, 0.29) is 24.7 Å². The molecule has 0 aliphatic heterocycles. The minimum Gasteiger partial charge on any atom is -0.330 e. The molecule has 0 bridgehead atoms. The van der Waals surface area contributed by atoms with Crippen molar-refractivity contribution in [1.82, 2.24) is 4.90 Å². The number of para-hydroxylation sites is 1. The van der Waals surface area contributed by atoms with Crippen molar-refractivity contribution < 1.29 is 22.8 Å². The summed E-state index contributed by atoms with van der Waals surface area (Å²) in [5.74, 6) is -1.03. The number of carbonyl (C=O) groups is 2. The molecule has 2 amide bonds. The van der Waals surface area contributed by atoms with Gasteiger partial charge >= 0.3 is 6.18 Å². The molecule has 0 unspecified atom stereocenters. The molecule has 144 valence electrons. The van der Waals surface area contributed by atoms with Gasteiger partial charge in [-0.05, 0) is 45.0 Å². The number of halogens is 3. The van der Waals surface area contributed by atoms with Crippen LogP contribution in [0.3, 0.4) is 0 Å². The first-order valence-corrected chi connectivity index (χ1v) is 8.45. The van der Waals surface area contributed by atoms with Crippen molar-refractivity contribution in [2.24, 2.45) is 0 Å². The summed E-state index contributed by atoms with van der Waals surface area (Å²) in [5, 5.41) is 2.26. The van der Waals surface area contributed by atoms with Gasteiger partial charge in [0.1, 0.15) is 6.54 Å². The van der Waals surface area contributed by atoms with E-state index in [0.717, 1.165) is 17.2 Å². The van der Waals surface area contributed by atoms with Crippen LogP contribution in [0.25, 0.3) is 0 Å². The fraction of sp³-hybridized carbons (Fsp3) is 0.300. The topological polar surface area (TPSA) is 49.4 Å². The maximum atomic E-state index is 13.0. The highest BCUT2D eigenvalue weighted by molar-refractivity contribution is 5.99. The van der Waals surface area contributed by atoms with E-state index in [9.17, 15) is 22.8 Å². The normalized spacial score (nSPS) is 11.2. The van der Waals surface area contributed by atoms with Crippen LogP contribution >= 0.6 is 0 Å². The van der Waals surface area contributed by atoms with E-state index in [1.54, 1.807) is 19.1 Å². The number of benzene rings is 2. The first kappa shape index (κ1) is 20.5. The number of hydrogen-bond acceptors (Lipinski definition) is 2. The summed E-state index contributed by atoms with van der Waals surface area (Å²) in [6.07, 6.45) is -4.58. The van der Waals surface area contributed by atoms with E-state index >= 15 is 0 Å². The summed E-state index contributed by atoms with van der Waals surface area (Å²) in [6.45, 7) is 5.34. The van der Waals surface area contributed by atoms with Crippen molar-refractivity contribution in [1.29, 1.82) is 0 Å². The molecule has 0 heterocycles. The summed E-state index contributed by atoms with van der Waals surface area (Å²) in [7, 11) is 0. The van der Waals surface area contributed by atoms with Gasteiger partial charge in [0.05, 0.1) is 11.3 Å². The monoisotopic (exact) mass is 378 g/mol. The number of rotatable bonds is 5. The van der Waals surface area contributed by atoms with Crippen LogP contribution in [0.1, 0.15) is 34.0 Å². The van der Waals surface area contributed by atoms with Crippen LogP contribution in [0.15, 0.2) is 42.5 Å². The zero-order valence-electron chi connectivity index (χ0n) is 15.4. The van der Waals surface area contributed by atoms with Crippen molar-refractivity contribution in [2.45, 2.75) is 26.9 Å². The Hall–Kier alpha value is -2.83. The molecule has 0 atom stereocenters. The molecule has 0 radical (unpaired) electrons. The van der Waals surface area contributed by atoms with Crippen molar-refractivity contribution >= 4 is 17.5 Å². The Morgan fingerprint density at radius 2 is 1.63 bits per heavy atom. The second-order valence-corrected chi connectivity index (χ2v) is 6.29. The largest absolute Gasteiger partial charge is 0.418 e. The molecule has 0 saturated heterocycles. The van der Waals surface area contributed by atoms with Crippen LogP contribution in [-0.2, 0) is 11.0 Å². The first-order valence-electron chi connectivity index (χ1n) is 8.45. The molecule has 0 fully saturated rings. The van der Waals surface area contributed by atoms with E-state index in [1.807, 2.05) is 19.9 Å². The number of carbonyl (C=O) groups excluding carboxylic acids is 2. The van der Waals surface area contributed by atoms with Gasteiger partial charge in [0.15, 0.2) is 0 Å². The van der Waals surface area contributed by atoms with Gasteiger partial charge in [-0.3, -0.25) is 9.59 Å². The molecule has 2 aromatic carbocycles. The lowest BCUT2D eigenvalue weighted by atomic mass is 10.1. The minimum atomic E-state index is -4.58. The van der Waals surface area contributed by atoms with E-state index in [1.165, 1.54) is 23.1 Å². The van der Waals surface area contributed by atoms with Gasteiger partial charge < -0.3 is 10.2 Å². The summed E-state index contributed by atoms with van der Waals surface area (Å²) >= 11 is 0. The molecule has 4 nitrogen and oxygen atoms in total. The number of amides is 2. The van der Waals surface area contributed by atoms with Crippen molar-refractivity contribution in [3.8, 4) is 0 Å². The fourth-order valence-corrected chi connectivity index (χ4v) is 2.81. The van der Waals surface area contributed by atoms with Crippen LogP contribution in [0, 0.1) is 13.8 Å². The third kappa shape index (κ3) is 5.32. The van der Waals surface area contributed by atoms with Crippen molar-refractivity contribution in [2.75, 3.05) is 18.4 Å².